The highest BCUT2D eigenvalue weighted by Crippen LogP contribution is 2.38. The van der Waals surface area contributed by atoms with Crippen LogP contribution >= 0.6 is 0 Å². The van der Waals surface area contributed by atoms with Crippen molar-refractivity contribution in [3.8, 4) is 5.75 Å². The summed E-state index contributed by atoms with van der Waals surface area (Å²) >= 11 is 0. The number of nitrogens with two attached hydrogens (primary N) is 1. The first kappa shape index (κ1) is 16.9. The van der Waals surface area contributed by atoms with E-state index < -0.39 is 0 Å². The van der Waals surface area contributed by atoms with Crippen LogP contribution in [0, 0.1) is 6.92 Å². The number of amides is 1. The van der Waals surface area contributed by atoms with Gasteiger partial charge in [0.05, 0.1) is 12.2 Å². The highest BCUT2D eigenvalue weighted by molar-refractivity contribution is 6.09. The normalized spacial score (nSPS) is 14.8. The molecule has 1 amide bonds. The van der Waals surface area contributed by atoms with Crippen LogP contribution in [0.3, 0.4) is 0 Å². The van der Waals surface area contributed by atoms with Gasteiger partial charge in [0.25, 0.3) is 5.91 Å². The molecule has 1 heterocycles. The lowest BCUT2D eigenvalue weighted by Gasteiger charge is -2.31. The summed E-state index contributed by atoms with van der Waals surface area (Å²) in [6, 6.07) is 23.2. The van der Waals surface area contributed by atoms with Gasteiger partial charge in [-0.3, -0.25) is 9.69 Å². The zero-order chi connectivity index (χ0) is 18.8. The van der Waals surface area contributed by atoms with Gasteiger partial charge in [0.1, 0.15) is 0 Å². The van der Waals surface area contributed by atoms with Crippen LogP contribution in [0.1, 0.15) is 16.7 Å². The summed E-state index contributed by atoms with van der Waals surface area (Å²) in [5.41, 5.74) is 10.3. The summed E-state index contributed by atoms with van der Waals surface area (Å²) in [5.74, 6) is 0.705. The number of nitrogens with zero attached hydrogens (tertiary/aromatic N) is 1. The van der Waals surface area contributed by atoms with Crippen LogP contribution in [0.4, 0.5) is 11.4 Å². The Kier molecular flexibility index (Phi) is 4.38. The molecule has 0 bridgehead atoms. The molecular weight excluding hydrogens is 336 g/mol. The number of ether oxygens (including phenoxy) is 1. The fourth-order valence-corrected chi connectivity index (χ4v) is 3.17. The van der Waals surface area contributed by atoms with Crippen LogP contribution < -0.4 is 15.4 Å². The third kappa shape index (κ3) is 3.55. The fraction of sp³-hybridized carbons (Fsp3) is 0.0870. The zero-order valence-corrected chi connectivity index (χ0v) is 15.1. The van der Waals surface area contributed by atoms with Crippen molar-refractivity contribution in [2.24, 2.45) is 0 Å². The molecule has 3 aromatic carbocycles. The van der Waals surface area contributed by atoms with Crippen molar-refractivity contribution >= 4 is 23.4 Å². The molecule has 4 nitrogen and oxygen atoms in total. The summed E-state index contributed by atoms with van der Waals surface area (Å²) in [6.45, 7) is 2.48. The average Bonchev–Trinajstić information content (AvgIpc) is 2.66. The van der Waals surface area contributed by atoms with Crippen molar-refractivity contribution in [3.05, 3.63) is 95.2 Å². The molecule has 0 aliphatic carbocycles. The summed E-state index contributed by atoms with van der Waals surface area (Å²) in [6.07, 6.45) is 1.78. The SMILES string of the molecule is Cc1cccc(/C=C2/Oc3cc(N)ccc3N(Cc3ccccc3)C2=O)c1. The Bertz CT molecular complexity index is 1030. The molecule has 0 radical (unpaired) electrons. The van der Waals surface area contributed by atoms with Crippen molar-refractivity contribution < 1.29 is 9.53 Å². The van der Waals surface area contributed by atoms with E-state index in [2.05, 4.69) is 0 Å². The van der Waals surface area contributed by atoms with Gasteiger partial charge in [-0.05, 0) is 36.3 Å². The van der Waals surface area contributed by atoms with Crippen LogP contribution in [0.15, 0.2) is 78.6 Å². The zero-order valence-electron chi connectivity index (χ0n) is 15.1. The maximum absolute atomic E-state index is 13.2. The Morgan fingerprint density at radius 2 is 1.81 bits per heavy atom. The molecule has 4 heteroatoms. The molecule has 0 aromatic heterocycles. The first-order chi connectivity index (χ1) is 13.1. The minimum absolute atomic E-state index is 0.169. The number of rotatable bonds is 3. The largest absolute Gasteiger partial charge is 0.449 e. The molecule has 0 saturated heterocycles. The second-order valence-corrected chi connectivity index (χ2v) is 6.63. The lowest BCUT2D eigenvalue weighted by Crippen LogP contribution is -2.36. The molecule has 3 aromatic rings. The molecular formula is C23H20N2O2. The molecule has 1 aliphatic heterocycles. The van der Waals surface area contributed by atoms with Crippen LogP contribution in [0.5, 0.6) is 5.75 Å². The Morgan fingerprint density at radius 3 is 2.59 bits per heavy atom. The number of carbonyl (C=O) groups is 1. The van der Waals surface area contributed by atoms with Gasteiger partial charge in [-0.1, -0.05) is 60.2 Å². The van der Waals surface area contributed by atoms with E-state index in [0.29, 0.717) is 18.0 Å². The van der Waals surface area contributed by atoms with Gasteiger partial charge in [0, 0.05) is 11.8 Å². The number of aryl methyl sites for hydroxylation is 1. The third-order valence-corrected chi connectivity index (χ3v) is 4.47. The summed E-state index contributed by atoms with van der Waals surface area (Å²) in [4.78, 5) is 14.9. The number of anilines is 2. The van der Waals surface area contributed by atoms with E-state index in [-0.39, 0.29) is 11.7 Å². The van der Waals surface area contributed by atoms with Crippen LogP contribution in [-0.4, -0.2) is 5.91 Å². The second kappa shape index (κ2) is 7.00. The molecule has 4 rings (SSSR count). The Balaban J connectivity index is 1.76. The Hall–Kier alpha value is -3.53. The third-order valence-electron chi connectivity index (χ3n) is 4.47. The maximum Gasteiger partial charge on any atom is 0.294 e. The van der Waals surface area contributed by atoms with E-state index >= 15 is 0 Å². The highest BCUT2D eigenvalue weighted by atomic mass is 16.5. The molecule has 0 fully saturated rings. The molecule has 134 valence electrons. The van der Waals surface area contributed by atoms with Crippen molar-refractivity contribution in [1.82, 2.24) is 0 Å². The van der Waals surface area contributed by atoms with Gasteiger partial charge in [-0.25, -0.2) is 0 Å². The number of fused-ring (bicyclic) bond motifs is 1. The Labute approximate surface area is 158 Å². The monoisotopic (exact) mass is 356 g/mol. The predicted octanol–water partition coefficient (Wildman–Crippen LogP) is 4.54. The molecule has 1 aliphatic rings. The van der Waals surface area contributed by atoms with E-state index in [4.69, 9.17) is 10.5 Å². The number of benzene rings is 3. The smallest absolute Gasteiger partial charge is 0.294 e. The number of carbonyl (C=O) groups excluding carboxylic acids is 1. The van der Waals surface area contributed by atoms with Gasteiger partial charge < -0.3 is 10.5 Å². The molecule has 0 saturated carbocycles. The van der Waals surface area contributed by atoms with Gasteiger partial charge in [0.15, 0.2) is 11.5 Å². The van der Waals surface area contributed by atoms with E-state index in [0.717, 1.165) is 22.4 Å². The summed E-state index contributed by atoms with van der Waals surface area (Å²) < 4.78 is 5.93. The fourth-order valence-electron chi connectivity index (χ4n) is 3.17. The average molecular weight is 356 g/mol. The van der Waals surface area contributed by atoms with Gasteiger partial charge in [-0.15, -0.1) is 0 Å². The first-order valence-corrected chi connectivity index (χ1v) is 8.82. The van der Waals surface area contributed by atoms with Crippen LogP contribution in [-0.2, 0) is 11.3 Å². The van der Waals surface area contributed by atoms with E-state index in [9.17, 15) is 4.79 Å². The lowest BCUT2D eigenvalue weighted by molar-refractivity contribution is -0.117. The number of nitrogen functional groups attached to an aromatic ring is 1. The minimum Gasteiger partial charge on any atom is -0.449 e. The van der Waals surface area contributed by atoms with Crippen molar-refractivity contribution in [2.75, 3.05) is 10.6 Å². The molecule has 2 N–H and O–H groups in total. The van der Waals surface area contributed by atoms with Gasteiger partial charge >= 0.3 is 0 Å². The molecule has 27 heavy (non-hydrogen) atoms. The molecule has 0 spiro atoms. The summed E-state index contributed by atoms with van der Waals surface area (Å²) in [7, 11) is 0. The standard InChI is InChI=1S/C23H20N2O2/c1-16-6-5-9-18(12-16)13-22-23(26)25(15-17-7-3-2-4-8-17)20-11-10-19(24)14-21(20)27-22/h2-14H,15,24H2,1H3/b22-13+. The van der Waals surface area contributed by atoms with E-state index in [1.165, 1.54) is 0 Å². The van der Waals surface area contributed by atoms with Gasteiger partial charge in [0.2, 0.25) is 0 Å². The number of hydrogen-bond acceptors (Lipinski definition) is 3. The first-order valence-electron chi connectivity index (χ1n) is 8.82. The van der Waals surface area contributed by atoms with Crippen LogP contribution in [0.25, 0.3) is 6.08 Å². The predicted molar refractivity (Wildman–Crippen MR) is 108 cm³/mol. The highest BCUT2D eigenvalue weighted by Gasteiger charge is 2.30. The quantitative estimate of drug-likeness (QED) is 0.553. The molecule has 0 unspecified atom stereocenters. The summed E-state index contributed by atoms with van der Waals surface area (Å²) in [5, 5.41) is 0. The van der Waals surface area contributed by atoms with E-state index in [1.807, 2.05) is 67.6 Å². The van der Waals surface area contributed by atoms with Crippen molar-refractivity contribution in [1.29, 1.82) is 0 Å². The second-order valence-electron chi connectivity index (χ2n) is 6.63. The van der Waals surface area contributed by atoms with Crippen LogP contribution in [0.2, 0.25) is 0 Å². The maximum atomic E-state index is 13.2. The molecule has 0 atom stereocenters. The topological polar surface area (TPSA) is 55.6 Å². The number of hydrogen-bond donors (Lipinski definition) is 1. The van der Waals surface area contributed by atoms with Crippen molar-refractivity contribution in [3.63, 3.8) is 0 Å². The van der Waals surface area contributed by atoms with Gasteiger partial charge in [-0.2, -0.15) is 0 Å². The Morgan fingerprint density at radius 1 is 1.00 bits per heavy atom. The van der Waals surface area contributed by atoms with E-state index in [1.54, 1.807) is 23.1 Å². The lowest BCUT2D eigenvalue weighted by atomic mass is 10.1. The minimum atomic E-state index is -0.169. The van der Waals surface area contributed by atoms with Crippen molar-refractivity contribution in [2.45, 2.75) is 13.5 Å².